The Labute approximate surface area is 144 Å². The first-order valence-electron chi connectivity index (χ1n) is 7.30. The van der Waals surface area contributed by atoms with Gasteiger partial charge in [0.25, 0.3) is 11.9 Å². The standard InChI is InChI=1S/C15H19N3O3S2/c1-4-8-16-13(15(2,3)23-14(16)22)17(19)10-11-6-5-7-12(9-11)18(20)21/h5-7,9-10,13H,4,8H2,1-3H3/b17-10-/t13-/m0/s1. The van der Waals surface area contributed by atoms with Gasteiger partial charge in [-0.25, -0.2) is 0 Å². The van der Waals surface area contributed by atoms with Crippen molar-refractivity contribution in [2.75, 3.05) is 6.54 Å². The van der Waals surface area contributed by atoms with Gasteiger partial charge in [0, 0.05) is 24.2 Å². The van der Waals surface area contributed by atoms with Crippen LogP contribution in [-0.2, 0) is 0 Å². The van der Waals surface area contributed by atoms with Gasteiger partial charge < -0.3 is 5.21 Å². The number of hydrogen-bond acceptors (Lipinski definition) is 5. The van der Waals surface area contributed by atoms with E-state index in [1.807, 2.05) is 25.7 Å². The van der Waals surface area contributed by atoms with Gasteiger partial charge in [-0.15, -0.1) is 0 Å². The van der Waals surface area contributed by atoms with Crippen LogP contribution < -0.4 is 0 Å². The second-order valence-corrected chi connectivity index (χ2v) is 8.17. The van der Waals surface area contributed by atoms with Crippen LogP contribution >= 0.6 is 24.0 Å². The molecule has 6 nitrogen and oxygen atoms in total. The van der Waals surface area contributed by atoms with Crippen molar-refractivity contribution in [1.29, 1.82) is 0 Å². The molecule has 1 saturated heterocycles. The molecular weight excluding hydrogens is 334 g/mol. The van der Waals surface area contributed by atoms with Gasteiger partial charge in [0.1, 0.15) is 9.07 Å². The summed E-state index contributed by atoms with van der Waals surface area (Å²) < 4.78 is 1.22. The molecule has 0 aliphatic carbocycles. The van der Waals surface area contributed by atoms with Crippen LogP contribution in [0.3, 0.4) is 0 Å². The zero-order valence-electron chi connectivity index (χ0n) is 13.3. The number of hydroxylamine groups is 1. The van der Waals surface area contributed by atoms with Gasteiger partial charge in [0.15, 0.2) is 6.21 Å². The molecule has 124 valence electrons. The second-order valence-electron chi connectivity index (χ2n) is 5.88. The summed E-state index contributed by atoms with van der Waals surface area (Å²) in [5.41, 5.74) is 0.470. The van der Waals surface area contributed by atoms with E-state index in [2.05, 4.69) is 0 Å². The third kappa shape index (κ3) is 3.81. The summed E-state index contributed by atoms with van der Waals surface area (Å²) in [5.74, 6) is 0. The molecular formula is C15H19N3O3S2. The number of benzene rings is 1. The average molecular weight is 353 g/mol. The highest BCUT2D eigenvalue weighted by Crippen LogP contribution is 2.41. The van der Waals surface area contributed by atoms with E-state index in [1.54, 1.807) is 12.1 Å². The van der Waals surface area contributed by atoms with Crippen LogP contribution in [0.5, 0.6) is 0 Å². The van der Waals surface area contributed by atoms with Crippen molar-refractivity contribution in [2.45, 2.75) is 38.1 Å². The van der Waals surface area contributed by atoms with E-state index >= 15 is 0 Å². The molecule has 1 aliphatic rings. The summed E-state index contributed by atoms with van der Waals surface area (Å²) >= 11 is 6.90. The number of nitro benzene ring substituents is 1. The molecule has 0 amide bonds. The minimum atomic E-state index is -0.472. The maximum Gasteiger partial charge on any atom is 0.270 e. The first-order valence-corrected chi connectivity index (χ1v) is 8.53. The highest BCUT2D eigenvalue weighted by Gasteiger charge is 2.49. The van der Waals surface area contributed by atoms with Crippen molar-refractivity contribution in [3.63, 3.8) is 0 Å². The second kappa shape index (κ2) is 6.84. The van der Waals surface area contributed by atoms with Gasteiger partial charge in [-0.05, 0) is 26.3 Å². The topological polar surface area (TPSA) is 72.5 Å². The van der Waals surface area contributed by atoms with Crippen LogP contribution in [0.15, 0.2) is 24.3 Å². The fourth-order valence-electron chi connectivity index (χ4n) is 2.65. The maximum atomic E-state index is 12.7. The van der Waals surface area contributed by atoms with Crippen molar-refractivity contribution in [3.8, 4) is 0 Å². The molecule has 1 fully saturated rings. The van der Waals surface area contributed by atoms with Crippen LogP contribution in [0, 0.1) is 15.3 Å². The fourth-order valence-corrected chi connectivity index (χ4v) is 4.58. The SMILES string of the molecule is CCCN1C(=S)SC(C)(C)[C@@H]1/[N+]([O-])=C/c1cccc([N+](=O)[O-])c1. The lowest BCUT2D eigenvalue weighted by atomic mass is 10.1. The van der Waals surface area contributed by atoms with E-state index in [1.165, 1.54) is 30.1 Å². The Morgan fingerprint density at radius 1 is 1.43 bits per heavy atom. The first-order chi connectivity index (χ1) is 10.8. The summed E-state index contributed by atoms with van der Waals surface area (Å²) in [6, 6.07) is 6.04. The van der Waals surface area contributed by atoms with E-state index in [4.69, 9.17) is 12.2 Å². The summed E-state index contributed by atoms with van der Waals surface area (Å²) in [6.07, 6.45) is 1.85. The minimum absolute atomic E-state index is 0.0341. The third-order valence-corrected chi connectivity index (χ3v) is 5.20. The molecule has 1 atom stereocenters. The van der Waals surface area contributed by atoms with Crippen LogP contribution in [0.4, 0.5) is 5.69 Å². The first kappa shape index (κ1) is 17.7. The van der Waals surface area contributed by atoms with E-state index in [-0.39, 0.29) is 10.4 Å². The summed E-state index contributed by atoms with van der Waals surface area (Å²) in [6.45, 7) is 6.71. The minimum Gasteiger partial charge on any atom is -0.622 e. The predicted octanol–water partition coefficient (Wildman–Crippen LogP) is 3.37. The van der Waals surface area contributed by atoms with Crippen LogP contribution in [0.1, 0.15) is 32.8 Å². The van der Waals surface area contributed by atoms with Gasteiger partial charge in [-0.2, -0.15) is 4.74 Å². The van der Waals surface area contributed by atoms with Crippen LogP contribution in [-0.4, -0.2) is 42.6 Å². The number of rotatable bonds is 5. The Hall–Kier alpha value is -1.67. The highest BCUT2D eigenvalue weighted by molar-refractivity contribution is 8.24. The number of hydrogen-bond donors (Lipinski definition) is 0. The Kier molecular flexibility index (Phi) is 5.26. The molecule has 0 saturated carbocycles. The summed E-state index contributed by atoms with van der Waals surface area (Å²) in [4.78, 5) is 12.3. The zero-order chi connectivity index (χ0) is 17.2. The molecule has 0 radical (unpaired) electrons. The quantitative estimate of drug-likeness (QED) is 0.202. The molecule has 8 heteroatoms. The lowest BCUT2D eigenvalue weighted by Crippen LogP contribution is -2.48. The van der Waals surface area contributed by atoms with Gasteiger partial charge in [0.05, 0.1) is 4.92 Å². The molecule has 0 spiro atoms. The van der Waals surface area contributed by atoms with Crippen molar-refractivity contribution in [1.82, 2.24) is 4.90 Å². The Balaban J connectivity index is 2.36. The Morgan fingerprint density at radius 2 is 2.13 bits per heavy atom. The number of thiocarbonyl (C=S) groups is 1. The van der Waals surface area contributed by atoms with Gasteiger partial charge >= 0.3 is 0 Å². The molecule has 0 bridgehead atoms. The lowest BCUT2D eigenvalue weighted by molar-refractivity contribution is -0.523. The molecule has 0 aromatic heterocycles. The molecule has 1 aromatic rings. The average Bonchev–Trinajstić information content (AvgIpc) is 2.68. The van der Waals surface area contributed by atoms with E-state index < -0.39 is 11.1 Å². The van der Waals surface area contributed by atoms with Crippen molar-refractivity contribution in [3.05, 3.63) is 45.2 Å². The predicted molar refractivity (Wildman–Crippen MR) is 96.9 cm³/mol. The molecule has 1 heterocycles. The van der Waals surface area contributed by atoms with E-state index in [9.17, 15) is 15.3 Å². The fraction of sp³-hybridized carbons (Fsp3) is 0.467. The Morgan fingerprint density at radius 3 is 2.74 bits per heavy atom. The molecule has 0 unspecified atom stereocenters. The molecule has 0 N–H and O–H groups in total. The molecule has 23 heavy (non-hydrogen) atoms. The van der Waals surface area contributed by atoms with Crippen LogP contribution in [0.2, 0.25) is 0 Å². The summed E-state index contributed by atoms with van der Waals surface area (Å²) in [5, 5.41) is 23.6. The molecule has 2 rings (SSSR count). The number of nitrogens with zero attached hydrogens (tertiary/aromatic N) is 3. The highest BCUT2D eigenvalue weighted by atomic mass is 32.2. The molecule has 1 aliphatic heterocycles. The third-order valence-electron chi connectivity index (χ3n) is 3.56. The lowest BCUT2D eigenvalue weighted by Gasteiger charge is -2.29. The normalized spacial score (nSPS) is 20.8. The number of thioether (sulfide) groups is 1. The smallest absolute Gasteiger partial charge is 0.270 e. The summed E-state index contributed by atoms with van der Waals surface area (Å²) in [7, 11) is 0. The number of non-ortho nitro benzene ring substituents is 1. The van der Waals surface area contributed by atoms with Gasteiger partial charge in [-0.1, -0.05) is 37.0 Å². The largest absolute Gasteiger partial charge is 0.622 e. The van der Waals surface area contributed by atoms with E-state index in [0.717, 1.165) is 15.5 Å². The monoisotopic (exact) mass is 353 g/mol. The Bertz CT molecular complexity index is 661. The molecule has 1 aromatic carbocycles. The number of nitro groups is 1. The van der Waals surface area contributed by atoms with Crippen LogP contribution in [0.25, 0.3) is 0 Å². The van der Waals surface area contributed by atoms with E-state index in [0.29, 0.717) is 12.1 Å². The van der Waals surface area contributed by atoms with Crippen molar-refractivity contribution < 1.29 is 9.66 Å². The maximum absolute atomic E-state index is 12.7. The van der Waals surface area contributed by atoms with Gasteiger partial charge in [-0.3, -0.25) is 15.0 Å². The van der Waals surface area contributed by atoms with Crippen molar-refractivity contribution >= 4 is 40.2 Å². The van der Waals surface area contributed by atoms with Crippen molar-refractivity contribution in [2.24, 2.45) is 0 Å². The van der Waals surface area contributed by atoms with Gasteiger partial charge in [0.2, 0.25) is 0 Å². The zero-order valence-corrected chi connectivity index (χ0v) is 14.9.